The van der Waals surface area contributed by atoms with Crippen molar-refractivity contribution in [1.29, 1.82) is 0 Å². The molecule has 0 saturated carbocycles. The molecule has 0 aliphatic heterocycles. The van der Waals surface area contributed by atoms with Crippen molar-refractivity contribution in [1.82, 2.24) is 0 Å². The number of allylic oxidation sites excluding steroid dienone is 1. The summed E-state index contributed by atoms with van der Waals surface area (Å²) in [6.45, 7) is 10.3. The van der Waals surface area contributed by atoms with E-state index in [1.807, 2.05) is 23.2 Å². The van der Waals surface area contributed by atoms with Gasteiger partial charge in [0.05, 0.1) is 5.69 Å². The van der Waals surface area contributed by atoms with E-state index in [-0.39, 0.29) is 0 Å². The minimum atomic E-state index is 0.889. The largest absolute Gasteiger partial charge is 0.266 e. The number of hydrogen-bond donors (Lipinski definition) is 0. The molecular weight excluding hydrogens is 184 g/mol. The van der Waals surface area contributed by atoms with Gasteiger partial charge in [0, 0.05) is 13.3 Å². The molecule has 0 aliphatic rings. The van der Waals surface area contributed by atoms with Gasteiger partial charge in [-0.3, -0.25) is 5.01 Å². The summed E-state index contributed by atoms with van der Waals surface area (Å²) >= 11 is 0. The number of unbranched alkanes of at least 4 members (excludes halogenated alkanes) is 1. The lowest BCUT2D eigenvalue weighted by molar-refractivity contribution is 0.769. The van der Waals surface area contributed by atoms with Crippen LogP contribution >= 0.6 is 0 Å². The molecule has 15 heavy (non-hydrogen) atoms. The average Bonchev–Trinajstić information content (AvgIpc) is 2.26. The molecule has 0 unspecified atom stereocenters. The third-order valence-corrected chi connectivity index (χ3v) is 2.34. The van der Waals surface area contributed by atoms with Gasteiger partial charge < -0.3 is 0 Å². The molecule has 1 rings (SSSR count). The van der Waals surface area contributed by atoms with E-state index < -0.39 is 0 Å². The molecule has 0 atom stereocenters. The maximum absolute atomic E-state index is 4.04. The first kappa shape index (κ1) is 11.5. The molecular formula is C13H18N2. The summed E-state index contributed by atoms with van der Waals surface area (Å²) in [6.07, 6.45) is 3.99. The van der Waals surface area contributed by atoms with E-state index in [9.17, 15) is 0 Å². The van der Waals surface area contributed by atoms with Gasteiger partial charge in [-0.15, -0.1) is 6.58 Å². The van der Waals surface area contributed by atoms with Gasteiger partial charge in [-0.2, -0.15) is 5.10 Å². The molecule has 0 aliphatic carbocycles. The standard InChI is InChI=1S/C13H18N2/c1-4-5-8-11-15(14-3)13-10-7-6-9-12(13)2/h4,6-7,9-10H,1,3,5,8,11H2,2H3. The number of hydrazone groups is 1. The molecule has 0 fully saturated rings. The molecule has 2 nitrogen and oxygen atoms in total. The highest BCUT2D eigenvalue weighted by molar-refractivity contribution is 5.53. The first-order valence-corrected chi connectivity index (χ1v) is 5.20. The van der Waals surface area contributed by atoms with Crippen molar-refractivity contribution in [3.63, 3.8) is 0 Å². The normalized spacial score (nSPS) is 9.67. The van der Waals surface area contributed by atoms with Crippen molar-refractivity contribution in [3.05, 3.63) is 42.5 Å². The molecule has 0 spiro atoms. The van der Waals surface area contributed by atoms with E-state index >= 15 is 0 Å². The zero-order valence-corrected chi connectivity index (χ0v) is 9.32. The van der Waals surface area contributed by atoms with Crippen LogP contribution in [0.1, 0.15) is 18.4 Å². The summed E-state index contributed by atoms with van der Waals surface area (Å²) in [5.41, 5.74) is 2.36. The monoisotopic (exact) mass is 202 g/mol. The first-order valence-electron chi connectivity index (χ1n) is 5.20. The van der Waals surface area contributed by atoms with Crippen molar-refractivity contribution < 1.29 is 0 Å². The lowest BCUT2D eigenvalue weighted by atomic mass is 10.2. The third-order valence-electron chi connectivity index (χ3n) is 2.34. The van der Waals surface area contributed by atoms with Crippen molar-refractivity contribution >= 4 is 12.4 Å². The Labute approximate surface area is 91.9 Å². The van der Waals surface area contributed by atoms with E-state index in [0.29, 0.717) is 0 Å². The van der Waals surface area contributed by atoms with E-state index in [2.05, 4.69) is 37.5 Å². The quantitative estimate of drug-likeness (QED) is 0.299. The lowest BCUT2D eigenvalue weighted by Gasteiger charge is -2.20. The van der Waals surface area contributed by atoms with Crippen LogP contribution in [0.3, 0.4) is 0 Å². The SMILES string of the molecule is C=CCCCN(N=C)c1ccccc1C. The summed E-state index contributed by atoms with van der Waals surface area (Å²) in [4.78, 5) is 0. The number of hydrogen-bond acceptors (Lipinski definition) is 2. The lowest BCUT2D eigenvalue weighted by Crippen LogP contribution is -2.17. The van der Waals surface area contributed by atoms with Crippen molar-refractivity contribution in [2.45, 2.75) is 19.8 Å². The van der Waals surface area contributed by atoms with Crippen molar-refractivity contribution in [2.75, 3.05) is 11.6 Å². The second-order valence-electron chi connectivity index (χ2n) is 3.48. The molecule has 0 aromatic heterocycles. The minimum absolute atomic E-state index is 0.889. The van der Waals surface area contributed by atoms with Crippen molar-refractivity contribution in [3.8, 4) is 0 Å². The van der Waals surface area contributed by atoms with Crippen LogP contribution in [-0.2, 0) is 0 Å². The summed E-state index contributed by atoms with van der Waals surface area (Å²) in [6, 6.07) is 8.21. The van der Waals surface area contributed by atoms with E-state index in [1.165, 1.54) is 5.56 Å². The van der Waals surface area contributed by atoms with Crippen LogP contribution in [0, 0.1) is 6.92 Å². The van der Waals surface area contributed by atoms with Crippen LogP contribution in [0.15, 0.2) is 42.0 Å². The van der Waals surface area contributed by atoms with Crippen molar-refractivity contribution in [2.24, 2.45) is 5.10 Å². The molecule has 0 radical (unpaired) electrons. The number of aryl methyl sites for hydroxylation is 1. The Kier molecular flexibility index (Phi) is 4.61. The highest BCUT2D eigenvalue weighted by atomic mass is 15.4. The summed E-state index contributed by atoms with van der Waals surface area (Å²) in [5, 5.41) is 5.98. The second-order valence-corrected chi connectivity index (χ2v) is 3.48. The van der Waals surface area contributed by atoms with Gasteiger partial charge in [0.2, 0.25) is 0 Å². The van der Waals surface area contributed by atoms with E-state index in [1.54, 1.807) is 0 Å². The molecule has 0 saturated heterocycles. The van der Waals surface area contributed by atoms with Gasteiger partial charge in [-0.25, -0.2) is 0 Å². The Morgan fingerprint density at radius 2 is 2.13 bits per heavy atom. The summed E-state index contributed by atoms with van der Waals surface area (Å²) in [5.74, 6) is 0. The van der Waals surface area contributed by atoms with Crippen LogP contribution in [0.2, 0.25) is 0 Å². The Hall–Kier alpha value is -1.57. The van der Waals surface area contributed by atoms with Gasteiger partial charge >= 0.3 is 0 Å². The average molecular weight is 202 g/mol. The summed E-state index contributed by atoms with van der Waals surface area (Å²) < 4.78 is 0. The van der Waals surface area contributed by atoms with E-state index in [0.717, 1.165) is 25.1 Å². The fourth-order valence-corrected chi connectivity index (χ4v) is 1.51. The predicted octanol–water partition coefficient (Wildman–Crippen LogP) is 3.38. The van der Waals surface area contributed by atoms with E-state index in [4.69, 9.17) is 0 Å². The fourth-order valence-electron chi connectivity index (χ4n) is 1.51. The van der Waals surface area contributed by atoms with Gasteiger partial charge in [-0.05, 0) is 31.4 Å². The van der Waals surface area contributed by atoms with Gasteiger partial charge in [0.15, 0.2) is 0 Å². The number of anilines is 1. The number of para-hydroxylation sites is 1. The highest BCUT2D eigenvalue weighted by Gasteiger charge is 2.05. The van der Waals surface area contributed by atoms with Crippen LogP contribution in [0.4, 0.5) is 5.69 Å². The number of benzene rings is 1. The number of nitrogens with zero attached hydrogens (tertiary/aromatic N) is 2. The Bertz CT molecular complexity index is 331. The predicted molar refractivity (Wildman–Crippen MR) is 67.5 cm³/mol. The molecule has 0 heterocycles. The second kappa shape index (κ2) is 6.02. The molecule has 80 valence electrons. The van der Waals surface area contributed by atoms with Crippen LogP contribution in [-0.4, -0.2) is 13.3 Å². The zero-order chi connectivity index (χ0) is 11.1. The Morgan fingerprint density at radius 1 is 1.40 bits per heavy atom. The van der Waals surface area contributed by atoms with Gasteiger partial charge in [-0.1, -0.05) is 24.3 Å². The first-order chi connectivity index (χ1) is 7.29. The molecule has 0 amide bonds. The smallest absolute Gasteiger partial charge is 0.0622 e. The molecule has 0 bridgehead atoms. The minimum Gasteiger partial charge on any atom is -0.266 e. The Morgan fingerprint density at radius 3 is 2.73 bits per heavy atom. The topological polar surface area (TPSA) is 15.6 Å². The van der Waals surface area contributed by atoms with Crippen LogP contribution in [0.5, 0.6) is 0 Å². The molecule has 1 aromatic rings. The van der Waals surface area contributed by atoms with Gasteiger partial charge in [0.1, 0.15) is 0 Å². The molecule has 1 aromatic carbocycles. The highest BCUT2D eigenvalue weighted by Crippen LogP contribution is 2.19. The maximum Gasteiger partial charge on any atom is 0.0622 e. The molecule has 0 N–H and O–H groups in total. The number of rotatable bonds is 6. The van der Waals surface area contributed by atoms with Gasteiger partial charge in [0.25, 0.3) is 0 Å². The summed E-state index contributed by atoms with van der Waals surface area (Å²) in [7, 11) is 0. The van der Waals surface area contributed by atoms with Crippen LogP contribution in [0.25, 0.3) is 0 Å². The maximum atomic E-state index is 4.04. The Balaban J connectivity index is 2.69. The fraction of sp³-hybridized carbons (Fsp3) is 0.308. The van der Waals surface area contributed by atoms with Crippen LogP contribution < -0.4 is 5.01 Å². The zero-order valence-electron chi connectivity index (χ0n) is 9.32. The molecule has 2 heteroatoms. The third kappa shape index (κ3) is 3.24.